The largest absolute Gasteiger partial charge is 0.416 e. The SMILES string of the molecule is FC(F)(F)c1cccc(C2CCN(CCNCc3nc(C4(c5cccc(Cl)c5)CCC4)no3)CC2)c1. The number of benzene rings is 2. The van der Waals surface area contributed by atoms with E-state index in [4.69, 9.17) is 16.1 Å². The molecule has 1 saturated heterocycles. The summed E-state index contributed by atoms with van der Waals surface area (Å²) in [5, 5.41) is 8.39. The van der Waals surface area contributed by atoms with E-state index in [0.717, 1.165) is 81.3 Å². The number of nitrogens with zero attached hydrogens (tertiary/aromatic N) is 3. The molecule has 192 valence electrons. The van der Waals surface area contributed by atoms with Gasteiger partial charge in [0.05, 0.1) is 17.5 Å². The van der Waals surface area contributed by atoms with E-state index < -0.39 is 11.7 Å². The molecule has 0 unspecified atom stereocenters. The van der Waals surface area contributed by atoms with Crippen molar-refractivity contribution < 1.29 is 17.7 Å². The molecule has 36 heavy (non-hydrogen) atoms. The first kappa shape index (κ1) is 25.2. The minimum atomic E-state index is -4.30. The van der Waals surface area contributed by atoms with Gasteiger partial charge < -0.3 is 14.7 Å². The Labute approximate surface area is 214 Å². The molecule has 1 aliphatic carbocycles. The average molecular weight is 519 g/mol. The van der Waals surface area contributed by atoms with Gasteiger partial charge >= 0.3 is 6.18 Å². The second-order valence-electron chi connectivity index (χ2n) is 9.87. The number of alkyl halides is 3. The molecule has 3 aromatic rings. The van der Waals surface area contributed by atoms with Crippen LogP contribution in [0.4, 0.5) is 13.2 Å². The fourth-order valence-electron chi connectivity index (χ4n) is 5.37. The summed E-state index contributed by atoms with van der Waals surface area (Å²) < 4.78 is 44.6. The van der Waals surface area contributed by atoms with Crippen molar-refractivity contribution >= 4 is 11.6 Å². The second kappa shape index (κ2) is 10.5. The summed E-state index contributed by atoms with van der Waals surface area (Å²) in [4.78, 5) is 7.03. The van der Waals surface area contributed by atoms with Gasteiger partial charge in [-0.15, -0.1) is 0 Å². The highest BCUT2D eigenvalue weighted by atomic mass is 35.5. The van der Waals surface area contributed by atoms with Crippen LogP contribution in [0.3, 0.4) is 0 Å². The number of rotatable bonds is 8. The van der Waals surface area contributed by atoms with Gasteiger partial charge in [0.2, 0.25) is 5.89 Å². The maximum atomic E-state index is 13.0. The summed E-state index contributed by atoms with van der Waals surface area (Å²) in [6, 6.07) is 13.7. The first-order valence-corrected chi connectivity index (χ1v) is 12.9. The van der Waals surface area contributed by atoms with Gasteiger partial charge in [0, 0.05) is 18.1 Å². The molecule has 1 N–H and O–H groups in total. The van der Waals surface area contributed by atoms with Crippen LogP contribution >= 0.6 is 11.6 Å². The van der Waals surface area contributed by atoms with Crippen molar-refractivity contribution in [2.45, 2.75) is 56.2 Å². The van der Waals surface area contributed by atoms with Crippen molar-refractivity contribution in [1.29, 1.82) is 0 Å². The van der Waals surface area contributed by atoms with Gasteiger partial charge in [0.1, 0.15) is 0 Å². The Morgan fingerprint density at radius 3 is 2.56 bits per heavy atom. The van der Waals surface area contributed by atoms with E-state index in [1.165, 1.54) is 12.1 Å². The third-order valence-corrected chi connectivity index (χ3v) is 7.87. The van der Waals surface area contributed by atoms with Crippen LogP contribution in [0.2, 0.25) is 5.02 Å². The van der Waals surface area contributed by atoms with Crippen molar-refractivity contribution in [2.75, 3.05) is 26.2 Å². The normalized spacial score (nSPS) is 18.8. The number of piperidine rings is 1. The molecule has 0 bridgehead atoms. The maximum absolute atomic E-state index is 13.0. The van der Waals surface area contributed by atoms with Gasteiger partial charge in [0.25, 0.3) is 0 Å². The molecule has 2 heterocycles. The van der Waals surface area contributed by atoms with Gasteiger partial charge in [-0.3, -0.25) is 0 Å². The zero-order valence-electron chi connectivity index (χ0n) is 20.0. The summed E-state index contributed by atoms with van der Waals surface area (Å²) in [5.74, 6) is 1.47. The van der Waals surface area contributed by atoms with Crippen LogP contribution in [-0.4, -0.2) is 41.2 Å². The zero-order valence-corrected chi connectivity index (χ0v) is 20.8. The first-order valence-electron chi connectivity index (χ1n) is 12.5. The Hall–Kier alpha value is -2.42. The number of hydrogen-bond acceptors (Lipinski definition) is 5. The Bertz CT molecular complexity index is 1170. The number of halogens is 4. The van der Waals surface area contributed by atoms with Crippen LogP contribution in [0.15, 0.2) is 53.1 Å². The summed E-state index contributed by atoms with van der Waals surface area (Å²) >= 11 is 6.22. The standard InChI is InChI=1S/C27H30ClF3N4O/c28-23-7-2-5-21(17-23)26(10-3-11-26)25-33-24(36-34-25)18-32-12-15-35-13-8-19(9-14-35)20-4-1-6-22(16-20)27(29,30)31/h1-2,4-7,16-17,19,32H,3,8-15,18H2. The zero-order chi connectivity index (χ0) is 25.2. The van der Waals surface area contributed by atoms with E-state index in [1.54, 1.807) is 0 Å². The highest BCUT2D eigenvalue weighted by Crippen LogP contribution is 2.48. The monoisotopic (exact) mass is 518 g/mol. The van der Waals surface area contributed by atoms with E-state index in [1.807, 2.05) is 24.3 Å². The predicted molar refractivity (Wildman–Crippen MR) is 132 cm³/mol. The lowest BCUT2D eigenvalue weighted by molar-refractivity contribution is -0.137. The molecule has 0 atom stereocenters. The molecule has 1 aliphatic heterocycles. The third kappa shape index (κ3) is 5.45. The molecular formula is C27H30ClF3N4O. The molecule has 5 rings (SSSR count). The molecule has 0 radical (unpaired) electrons. The maximum Gasteiger partial charge on any atom is 0.416 e. The van der Waals surface area contributed by atoms with Crippen LogP contribution in [0.5, 0.6) is 0 Å². The van der Waals surface area contributed by atoms with Crippen LogP contribution < -0.4 is 5.32 Å². The Kier molecular flexibility index (Phi) is 7.37. The smallest absolute Gasteiger partial charge is 0.338 e. The second-order valence-corrected chi connectivity index (χ2v) is 10.3. The fraction of sp³-hybridized carbons (Fsp3) is 0.481. The number of aromatic nitrogens is 2. The lowest BCUT2D eigenvalue weighted by atomic mass is 9.64. The minimum Gasteiger partial charge on any atom is -0.338 e. The first-order chi connectivity index (χ1) is 17.3. The van der Waals surface area contributed by atoms with E-state index in [9.17, 15) is 13.2 Å². The van der Waals surface area contributed by atoms with E-state index in [-0.39, 0.29) is 11.3 Å². The molecule has 0 amide bonds. The topological polar surface area (TPSA) is 54.2 Å². The van der Waals surface area contributed by atoms with Crippen LogP contribution in [0, 0.1) is 0 Å². The van der Waals surface area contributed by atoms with Crippen molar-refractivity contribution in [3.05, 3.63) is 82.0 Å². The molecule has 5 nitrogen and oxygen atoms in total. The molecular weight excluding hydrogens is 489 g/mol. The van der Waals surface area contributed by atoms with Crippen LogP contribution in [-0.2, 0) is 18.1 Å². The fourth-order valence-corrected chi connectivity index (χ4v) is 5.56. The van der Waals surface area contributed by atoms with E-state index in [2.05, 4.69) is 26.4 Å². The molecule has 9 heteroatoms. The lowest BCUT2D eigenvalue weighted by Gasteiger charge is -2.39. The molecule has 2 aliphatic rings. The molecule has 2 aromatic carbocycles. The van der Waals surface area contributed by atoms with Gasteiger partial charge in [-0.2, -0.15) is 18.2 Å². The molecule has 1 aromatic heterocycles. The Balaban J connectivity index is 1.08. The van der Waals surface area contributed by atoms with Crippen molar-refractivity contribution in [3.8, 4) is 0 Å². The summed E-state index contributed by atoms with van der Waals surface area (Å²) in [7, 11) is 0. The molecule has 1 saturated carbocycles. The van der Waals surface area contributed by atoms with Crippen molar-refractivity contribution in [1.82, 2.24) is 20.4 Å². The Morgan fingerprint density at radius 1 is 1.08 bits per heavy atom. The number of likely N-dealkylation sites (tertiary alicyclic amines) is 1. The highest BCUT2D eigenvalue weighted by molar-refractivity contribution is 6.30. The van der Waals surface area contributed by atoms with Crippen molar-refractivity contribution in [2.24, 2.45) is 0 Å². The third-order valence-electron chi connectivity index (χ3n) is 7.63. The van der Waals surface area contributed by atoms with E-state index in [0.29, 0.717) is 17.5 Å². The summed E-state index contributed by atoms with van der Waals surface area (Å²) in [6.45, 7) is 3.87. The lowest BCUT2D eigenvalue weighted by Crippen LogP contribution is -2.38. The summed E-state index contributed by atoms with van der Waals surface area (Å²) in [6.07, 6.45) is 0.514. The van der Waals surface area contributed by atoms with Crippen LogP contribution in [0.25, 0.3) is 0 Å². The summed E-state index contributed by atoms with van der Waals surface area (Å²) in [5.41, 5.74) is 1.15. The van der Waals surface area contributed by atoms with Crippen LogP contribution in [0.1, 0.15) is 66.4 Å². The molecule has 2 fully saturated rings. The highest BCUT2D eigenvalue weighted by Gasteiger charge is 2.44. The van der Waals surface area contributed by atoms with Gasteiger partial charge in [-0.05, 0) is 74.0 Å². The van der Waals surface area contributed by atoms with Crippen molar-refractivity contribution in [3.63, 3.8) is 0 Å². The Morgan fingerprint density at radius 2 is 1.86 bits per heavy atom. The number of hydrogen-bond donors (Lipinski definition) is 1. The minimum absolute atomic E-state index is 0.173. The average Bonchev–Trinajstić information content (AvgIpc) is 3.30. The number of nitrogens with one attached hydrogen (secondary N) is 1. The quantitative estimate of drug-likeness (QED) is 0.361. The van der Waals surface area contributed by atoms with Gasteiger partial charge in [-0.1, -0.05) is 53.5 Å². The molecule has 0 spiro atoms. The van der Waals surface area contributed by atoms with Gasteiger partial charge in [0.15, 0.2) is 5.82 Å². The van der Waals surface area contributed by atoms with Gasteiger partial charge in [-0.25, -0.2) is 0 Å². The predicted octanol–water partition coefficient (Wildman–Crippen LogP) is 6.18. The van der Waals surface area contributed by atoms with E-state index >= 15 is 0 Å².